The summed E-state index contributed by atoms with van der Waals surface area (Å²) in [6, 6.07) is 6.62. The number of nitrogens with one attached hydrogen (secondary N) is 1. The molecule has 0 saturated carbocycles. The molecule has 0 unspecified atom stereocenters. The van der Waals surface area contributed by atoms with Gasteiger partial charge in [-0.3, -0.25) is 0 Å². The minimum Gasteiger partial charge on any atom is -0.380 e. The molecular weight excluding hydrogens is 261 g/mol. The first-order chi connectivity index (χ1) is 9.76. The molecule has 1 fully saturated rings. The van der Waals surface area contributed by atoms with Crippen molar-refractivity contribution in [1.29, 1.82) is 0 Å². The first-order valence-corrected chi connectivity index (χ1v) is 6.58. The number of hydrogen-bond acceptors (Lipinski definition) is 5. The van der Waals surface area contributed by atoms with E-state index in [9.17, 15) is 4.39 Å². The van der Waals surface area contributed by atoms with Crippen LogP contribution in [0.5, 0.6) is 0 Å². The summed E-state index contributed by atoms with van der Waals surface area (Å²) in [6.45, 7) is 0.770. The van der Waals surface area contributed by atoms with Crippen LogP contribution in [0.3, 0.4) is 0 Å². The van der Waals surface area contributed by atoms with E-state index in [1.165, 1.54) is 6.07 Å². The van der Waals surface area contributed by atoms with Crippen molar-refractivity contribution in [3.8, 4) is 0 Å². The molecule has 3 rings (SSSR count). The Balaban J connectivity index is 1.70. The molecule has 2 heterocycles. The zero-order valence-corrected chi connectivity index (χ0v) is 11.2. The molecule has 0 amide bonds. The Morgan fingerprint density at radius 3 is 3.05 bits per heavy atom. The van der Waals surface area contributed by atoms with Crippen LogP contribution in [-0.2, 0) is 11.2 Å². The van der Waals surface area contributed by atoms with E-state index < -0.39 is 0 Å². The number of aromatic nitrogens is 2. The van der Waals surface area contributed by atoms with Crippen molar-refractivity contribution in [3.05, 3.63) is 47.4 Å². The molecule has 0 radical (unpaired) electrons. The molecule has 5 nitrogen and oxygen atoms in total. The second kappa shape index (κ2) is 5.68. The van der Waals surface area contributed by atoms with Crippen LogP contribution in [0.25, 0.3) is 0 Å². The zero-order chi connectivity index (χ0) is 13.9. The van der Waals surface area contributed by atoms with E-state index in [0.717, 1.165) is 13.0 Å². The molecule has 6 heteroatoms. The third kappa shape index (κ3) is 2.71. The second-order valence-corrected chi connectivity index (χ2v) is 4.87. The van der Waals surface area contributed by atoms with Gasteiger partial charge in [0.1, 0.15) is 5.82 Å². The first-order valence-electron chi connectivity index (χ1n) is 6.58. The van der Waals surface area contributed by atoms with Crippen LogP contribution in [0.4, 0.5) is 4.39 Å². The van der Waals surface area contributed by atoms with E-state index in [0.29, 0.717) is 23.7 Å². The third-order valence-electron chi connectivity index (χ3n) is 3.51. The molecule has 2 atom stereocenters. The lowest BCUT2D eigenvalue weighted by Gasteiger charge is -2.04. The van der Waals surface area contributed by atoms with Gasteiger partial charge in [-0.2, -0.15) is 4.98 Å². The van der Waals surface area contributed by atoms with Crippen LogP contribution >= 0.6 is 0 Å². The zero-order valence-electron chi connectivity index (χ0n) is 11.2. The van der Waals surface area contributed by atoms with Gasteiger partial charge in [-0.15, -0.1) is 0 Å². The van der Waals surface area contributed by atoms with Crippen molar-refractivity contribution in [3.63, 3.8) is 0 Å². The topological polar surface area (TPSA) is 60.2 Å². The number of hydrogen-bond donors (Lipinski definition) is 1. The summed E-state index contributed by atoms with van der Waals surface area (Å²) in [5.74, 6) is 0.779. The van der Waals surface area contributed by atoms with Gasteiger partial charge >= 0.3 is 0 Å². The average Bonchev–Trinajstić information content (AvgIpc) is 3.10. The Kier molecular flexibility index (Phi) is 3.75. The van der Waals surface area contributed by atoms with Gasteiger partial charge in [-0.1, -0.05) is 23.4 Å². The van der Waals surface area contributed by atoms with E-state index in [1.54, 1.807) is 25.3 Å². The Morgan fingerprint density at radius 1 is 1.45 bits per heavy atom. The fourth-order valence-electron chi connectivity index (χ4n) is 2.36. The summed E-state index contributed by atoms with van der Waals surface area (Å²) in [5.41, 5.74) is 0.564. The Labute approximate surface area is 116 Å². The fraction of sp³-hybridized carbons (Fsp3) is 0.429. The number of halogens is 1. The molecule has 0 aliphatic carbocycles. The summed E-state index contributed by atoms with van der Waals surface area (Å²) in [6.07, 6.45) is 1.30. The van der Waals surface area contributed by atoms with E-state index in [2.05, 4.69) is 15.5 Å². The molecule has 106 valence electrons. The first kappa shape index (κ1) is 13.2. The molecule has 1 aromatic heterocycles. The van der Waals surface area contributed by atoms with Gasteiger partial charge in [0.05, 0.1) is 12.1 Å². The molecule has 1 aliphatic rings. The quantitative estimate of drug-likeness (QED) is 0.924. The highest BCUT2D eigenvalue weighted by molar-refractivity contribution is 5.20. The Morgan fingerprint density at radius 2 is 2.30 bits per heavy atom. The molecular formula is C14H16FN3O2. The smallest absolute Gasteiger partial charge is 0.243 e. The predicted octanol–water partition coefficient (Wildman–Crippen LogP) is 1.85. The highest BCUT2D eigenvalue weighted by atomic mass is 19.1. The monoisotopic (exact) mass is 277 g/mol. The molecule has 2 aromatic rings. The van der Waals surface area contributed by atoms with Crippen molar-refractivity contribution >= 4 is 0 Å². The van der Waals surface area contributed by atoms with E-state index in [-0.39, 0.29) is 18.0 Å². The van der Waals surface area contributed by atoms with Gasteiger partial charge in [-0.25, -0.2) is 4.39 Å². The SMILES string of the molecule is CO[C@@H]1CN[C@@H](c2nc(Cc3ccccc3F)no2)C1. The van der Waals surface area contributed by atoms with E-state index >= 15 is 0 Å². The fourth-order valence-corrected chi connectivity index (χ4v) is 2.36. The van der Waals surface area contributed by atoms with Crippen LogP contribution < -0.4 is 5.32 Å². The summed E-state index contributed by atoms with van der Waals surface area (Å²) in [5, 5.41) is 7.18. The van der Waals surface area contributed by atoms with Gasteiger partial charge in [-0.05, 0) is 18.1 Å². The maximum atomic E-state index is 13.6. The molecule has 1 aliphatic heterocycles. The largest absolute Gasteiger partial charge is 0.380 e. The maximum Gasteiger partial charge on any atom is 0.243 e. The lowest BCUT2D eigenvalue weighted by molar-refractivity contribution is 0.116. The second-order valence-electron chi connectivity index (χ2n) is 4.87. The highest BCUT2D eigenvalue weighted by Gasteiger charge is 2.29. The summed E-state index contributed by atoms with van der Waals surface area (Å²) >= 11 is 0. The average molecular weight is 277 g/mol. The number of rotatable bonds is 4. The van der Waals surface area contributed by atoms with Crippen molar-refractivity contribution < 1.29 is 13.7 Å². The number of ether oxygens (including phenoxy) is 1. The normalized spacial score (nSPS) is 22.3. The van der Waals surface area contributed by atoms with Gasteiger partial charge < -0.3 is 14.6 Å². The molecule has 1 saturated heterocycles. The number of nitrogens with zero attached hydrogens (tertiary/aromatic N) is 2. The molecule has 20 heavy (non-hydrogen) atoms. The Hall–Kier alpha value is -1.79. The van der Waals surface area contributed by atoms with Crippen molar-refractivity contribution in [2.75, 3.05) is 13.7 Å². The van der Waals surface area contributed by atoms with Gasteiger partial charge in [0, 0.05) is 20.1 Å². The van der Waals surface area contributed by atoms with Crippen LogP contribution in [0, 0.1) is 5.82 Å². The summed E-state index contributed by atoms with van der Waals surface area (Å²) in [7, 11) is 1.69. The maximum absolute atomic E-state index is 13.6. The lowest BCUT2D eigenvalue weighted by Crippen LogP contribution is -2.16. The third-order valence-corrected chi connectivity index (χ3v) is 3.51. The minimum atomic E-state index is -0.253. The molecule has 0 bridgehead atoms. The minimum absolute atomic E-state index is 0.0156. The van der Waals surface area contributed by atoms with Crippen LogP contribution in [0.1, 0.15) is 29.7 Å². The van der Waals surface area contributed by atoms with Crippen molar-refractivity contribution in [1.82, 2.24) is 15.5 Å². The van der Waals surface area contributed by atoms with Gasteiger partial charge in [0.15, 0.2) is 5.82 Å². The van der Waals surface area contributed by atoms with Crippen LogP contribution in [0.2, 0.25) is 0 Å². The summed E-state index contributed by atoms with van der Waals surface area (Å²) < 4.78 is 24.1. The molecule has 1 N–H and O–H groups in total. The standard InChI is InChI=1S/C14H16FN3O2/c1-19-10-7-12(16-8-10)14-17-13(18-20-14)6-9-4-2-3-5-11(9)15/h2-5,10,12,16H,6-8H2,1H3/t10-,12+/m0/s1. The Bertz CT molecular complexity index is 587. The summed E-state index contributed by atoms with van der Waals surface area (Å²) in [4.78, 5) is 4.33. The molecule has 1 aromatic carbocycles. The van der Waals surface area contributed by atoms with Gasteiger partial charge in [0.2, 0.25) is 5.89 Å². The van der Waals surface area contributed by atoms with E-state index in [4.69, 9.17) is 9.26 Å². The van der Waals surface area contributed by atoms with Gasteiger partial charge in [0.25, 0.3) is 0 Å². The van der Waals surface area contributed by atoms with E-state index in [1.807, 2.05) is 0 Å². The van der Waals surface area contributed by atoms with Crippen LogP contribution in [0.15, 0.2) is 28.8 Å². The number of benzene rings is 1. The number of methoxy groups -OCH3 is 1. The lowest BCUT2D eigenvalue weighted by atomic mass is 10.1. The predicted molar refractivity (Wildman–Crippen MR) is 69.7 cm³/mol. The van der Waals surface area contributed by atoms with Crippen LogP contribution in [-0.4, -0.2) is 29.9 Å². The van der Waals surface area contributed by atoms with Crippen molar-refractivity contribution in [2.24, 2.45) is 0 Å². The molecule has 0 spiro atoms. The van der Waals surface area contributed by atoms with Crippen molar-refractivity contribution in [2.45, 2.75) is 25.0 Å². The highest BCUT2D eigenvalue weighted by Crippen LogP contribution is 2.23.